The van der Waals surface area contributed by atoms with Crippen molar-refractivity contribution in [3.8, 4) is 67.5 Å². The highest BCUT2D eigenvalue weighted by Crippen LogP contribution is 2.45. The molecule has 0 spiro atoms. The molecule has 0 bridgehead atoms. The fourth-order valence-corrected chi connectivity index (χ4v) is 8.97. The van der Waals surface area contributed by atoms with Gasteiger partial charge in [-0.25, -0.2) is 15.0 Å². The fourth-order valence-electron chi connectivity index (χ4n) is 8.97. The molecule has 61 heavy (non-hydrogen) atoms. The van der Waals surface area contributed by atoms with Crippen molar-refractivity contribution in [3.63, 3.8) is 0 Å². The van der Waals surface area contributed by atoms with Gasteiger partial charge in [0.2, 0.25) is 0 Å². The Morgan fingerprint density at radius 3 is 1.54 bits per heavy atom. The lowest BCUT2D eigenvalue weighted by molar-refractivity contribution is 0.669. The zero-order valence-electron chi connectivity index (χ0n) is 33.0. The van der Waals surface area contributed by atoms with Crippen LogP contribution in [0, 0.1) is 0 Å². The summed E-state index contributed by atoms with van der Waals surface area (Å²) in [4.78, 5) is 15.3. The number of hydrogen-bond acceptors (Lipinski definition) is 4. The number of fused-ring (bicyclic) bond motifs is 6. The van der Waals surface area contributed by atoms with Gasteiger partial charge in [-0.3, -0.25) is 0 Å². The smallest absolute Gasteiger partial charge is 0.164 e. The van der Waals surface area contributed by atoms with Gasteiger partial charge in [-0.05, 0) is 102 Å². The van der Waals surface area contributed by atoms with Crippen LogP contribution in [0.5, 0.6) is 0 Å². The zero-order chi connectivity index (χ0) is 40.3. The lowest BCUT2D eigenvalue weighted by atomic mass is 9.87. The van der Waals surface area contributed by atoms with E-state index in [1.165, 1.54) is 10.8 Å². The van der Waals surface area contributed by atoms with E-state index < -0.39 is 0 Å². The molecule has 0 unspecified atom stereocenters. The topological polar surface area (TPSA) is 51.8 Å². The summed E-state index contributed by atoms with van der Waals surface area (Å²) in [5.41, 5.74) is 11.3. The van der Waals surface area contributed by atoms with Crippen molar-refractivity contribution in [2.45, 2.75) is 0 Å². The molecule has 2 heterocycles. The number of hydrogen-bond donors (Lipinski definition) is 0. The first-order valence-corrected chi connectivity index (χ1v) is 20.6. The van der Waals surface area contributed by atoms with E-state index >= 15 is 0 Å². The maximum absolute atomic E-state index is 6.62. The highest BCUT2D eigenvalue weighted by molar-refractivity contribution is 6.18. The zero-order valence-corrected chi connectivity index (χ0v) is 33.0. The minimum atomic E-state index is 0.631. The summed E-state index contributed by atoms with van der Waals surface area (Å²) in [5, 5.41) is 9.16. The van der Waals surface area contributed by atoms with Crippen LogP contribution in [0.25, 0.3) is 122 Å². The molecule has 12 rings (SSSR count). The number of para-hydroxylation sites is 1. The lowest BCUT2D eigenvalue weighted by Crippen LogP contribution is -2.00. The first kappa shape index (κ1) is 34.8. The monoisotopic (exact) mass is 777 g/mol. The Morgan fingerprint density at radius 2 is 0.803 bits per heavy atom. The van der Waals surface area contributed by atoms with Crippen molar-refractivity contribution in [3.05, 3.63) is 212 Å². The molecule has 0 fully saturated rings. The number of rotatable bonds is 6. The van der Waals surface area contributed by atoms with Gasteiger partial charge in [0.05, 0.1) is 0 Å². The highest BCUT2D eigenvalue weighted by atomic mass is 16.3. The van der Waals surface area contributed by atoms with E-state index in [2.05, 4.69) is 146 Å². The normalized spacial score (nSPS) is 11.6. The average Bonchev–Trinajstić information content (AvgIpc) is 3.72. The number of furan rings is 1. The van der Waals surface area contributed by atoms with Crippen LogP contribution in [0.15, 0.2) is 217 Å². The summed E-state index contributed by atoms with van der Waals surface area (Å²) < 4.78 is 6.62. The van der Waals surface area contributed by atoms with Gasteiger partial charge in [0.25, 0.3) is 0 Å². The summed E-state index contributed by atoms with van der Waals surface area (Å²) in [6, 6.07) is 74.8. The second kappa shape index (κ2) is 14.3. The molecule has 10 aromatic carbocycles. The molecule has 0 atom stereocenters. The molecular formula is C57H35N3O. The van der Waals surface area contributed by atoms with Gasteiger partial charge in [-0.1, -0.05) is 176 Å². The highest BCUT2D eigenvalue weighted by Gasteiger charge is 2.20. The fraction of sp³-hybridized carbons (Fsp3) is 0. The van der Waals surface area contributed by atoms with Crippen LogP contribution in [0.4, 0.5) is 0 Å². The minimum absolute atomic E-state index is 0.631. The second-order valence-corrected chi connectivity index (χ2v) is 15.5. The van der Waals surface area contributed by atoms with Crippen molar-refractivity contribution in [1.29, 1.82) is 0 Å². The summed E-state index contributed by atoms with van der Waals surface area (Å²) in [7, 11) is 0. The first-order valence-electron chi connectivity index (χ1n) is 20.6. The summed E-state index contributed by atoms with van der Waals surface area (Å²) in [5.74, 6) is 1.90. The van der Waals surface area contributed by atoms with E-state index in [4.69, 9.17) is 19.4 Å². The second-order valence-electron chi connectivity index (χ2n) is 15.5. The molecule has 12 aromatic rings. The molecule has 284 valence electrons. The van der Waals surface area contributed by atoms with Gasteiger partial charge >= 0.3 is 0 Å². The van der Waals surface area contributed by atoms with E-state index in [-0.39, 0.29) is 0 Å². The first-order chi connectivity index (χ1) is 30.2. The molecule has 0 amide bonds. The maximum atomic E-state index is 6.62. The molecule has 0 aliphatic carbocycles. The van der Waals surface area contributed by atoms with Crippen molar-refractivity contribution < 1.29 is 4.42 Å². The predicted molar refractivity (Wildman–Crippen MR) is 252 cm³/mol. The standard InChI is InChI=1S/C57H35N3O/c1-3-16-37(17-4-1)55-58-56(38-18-5-2-6-19-38)60-57(59-55)51-34-43(32-41-21-9-10-22-44(41)51)45-29-30-48(47-24-12-11-23-46(45)47)50-33-42(40-28-27-36-15-7-8-20-39(36)31-40)35-53-54(50)49-25-13-14-26-52(49)61-53/h1-35H. The Labute approximate surface area is 352 Å². The Morgan fingerprint density at radius 1 is 0.262 bits per heavy atom. The average molecular weight is 778 g/mol. The Balaban J connectivity index is 1.07. The van der Waals surface area contributed by atoms with Gasteiger partial charge in [0.1, 0.15) is 11.2 Å². The Bertz CT molecular complexity index is 3590. The summed E-state index contributed by atoms with van der Waals surface area (Å²) in [6.07, 6.45) is 0. The molecule has 0 aliphatic rings. The molecule has 2 aromatic heterocycles. The van der Waals surface area contributed by atoms with Gasteiger partial charge in [0.15, 0.2) is 17.5 Å². The Hall–Kier alpha value is -8.21. The quantitative estimate of drug-likeness (QED) is 0.169. The number of benzene rings is 10. The van der Waals surface area contributed by atoms with Crippen molar-refractivity contribution in [2.75, 3.05) is 0 Å². The van der Waals surface area contributed by atoms with E-state index in [1.807, 2.05) is 66.7 Å². The van der Waals surface area contributed by atoms with Gasteiger partial charge in [0, 0.05) is 27.5 Å². The maximum Gasteiger partial charge on any atom is 0.164 e. The third-order valence-electron chi connectivity index (χ3n) is 11.9. The molecule has 4 nitrogen and oxygen atoms in total. The summed E-state index contributed by atoms with van der Waals surface area (Å²) >= 11 is 0. The molecule has 0 radical (unpaired) electrons. The van der Waals surface area contributed by atoms with E-state index in [1.54, 1.807) is 0 Å². The van der Waals surface area contributed by atoms with Crippen LogP contribution in [0.1, 0.15) is 0 Å². The van der Waals surface area contributed by atoms with E-state index in [9.17, 15) is 0 Å². The van der Waals surface area contributed by atoms with Gasteiger partial charge < -0.3 is 4.42 Å². The van der Waals surface area contributed by atoms with Gasteiger partial charge in [-0.2, -0.15) is 0 Å². The van der Waals surface area contributed by atoms with Crippen molar-refractivity contribution >= 4 is 54.3 Å². The van der Waals surface area contributed by atoms with Crippen LogP contribution in [-0.2, 0) is 0 Å². The Kier molecular flexibility index (Phi) is 8.13. The van der Waals surface area contributed by atoms with Crippen molar-refractivity contribution in [1.82, 2.24) is 15.0 Å². The summed E-state index contributed by atoms with van der Waals surface area (Å²) in [6.45, 7) is 0. The van der Waals surface area contributed by atoms with Gasteiger partial charge in [-0.15, -0.1) is 0 Å². The van der Waals surface area contributed by atoms with Crippen LogP contribution < -0.4 is 0 Å². The molecule has 4 heteroatoms. The third-order valence-corrected chi connectivity index (χ3v) is 11.9. The lowest BCUT2D eigenvalue weighted by Gasteiger charge is -2.16. The SMILES string of the molecule is c1ccc(-c2nc(-c3ccccc3)nc(-c3cc(-c4ccc(-c5cc(-c6ccc7ccccc7c6)cc6oc7ccccc7c56)c5ccccc45)cc4ccccc34)n2)cc1. The number of nitrogens with zero attached hydrogens (tertiary/aromatic N) is 3. The van der Waals surface area contributed by atoms with E-state index in [0.717, 1.165) is 93.6 Å². The molecular weight excluding hydrogens is 743 g/mol. The minimum Gasteiger partial charge on any atom is -0.456 e. The molecule has 0 saturated heterocycles. The largest absolute Gasteiger partial charge is 0.456 e. The predicted octanol–water partition coefficient (Wildman–Crippen LogP) is 15.2. The molecule has 0 saturated carbocycles. The third kappa shape index (κ3) is 6.04. The molecule has 0 aliphatic heterocycles. The molecule has 0 N–H and O–H groups in total. The van der Waals surface area contributed by atoms with Crippen LogP contribution in [0.3, 0.4) is 0 Å². The number of aromatic nitrogens is 3. The van der Waals surface area contributed by atoms with Crippen LogP contribution in [-0.4, -0.2) is 15.0 Å². The van der Waals surface area contributed by atoms with Crippen LogP contribution >= 0.6 is 0 Å². The van der Waals surface area contributed by atoms with E-state index in [0.29, 0.717) is 17.5 Å². The van der Waals surface area contributed by atoms with Crippen LogP contribution in [0.2, 0.25) is 0 Å². The van der Waals surface area contributed by atoms with Crippen molar-refractivity contribution in [2.24, 2.45) is 0 Å².